The summed E-state index contributed by atoms with van der Waals surface area (Å²) in [5.41, 5.74) is 3.20. The Morgan fingerprint density at radius 3 is 3.00 bits per heavy atom. The van der Waals surface area contributed by atoms with Gasteiger partial charge in [0.05, 0.1) is 0 Å². The molecule has 1 aliphatic rings. The van der Waals surface area contributed by atoms with E-state index in [2.05, 4.69) is 11.4 Å². The summed E-state index contributed by atoms with van der Waals surface area (Å²) in [7, 11) is 0. The van der Waals surface area contributed by atoms with Gasteiger partial charge in [-0.3, -0.25) is 4.79 Å². The number of aliphatic hydroxyl groups excluding tert-OH is 1. The Kier molecular flexibility index (Phi) is 2.73. The van der Waals surface area contributed by atoms with E-state index in [0.29, 0.717) is 6.42 Å². The minimum absolute atomic E-state index is 0.00310. The Labute approximate surface area is 89.1 Å². The average Bonchev–Trinajstić information content (AvgIpc) is 2.35. The lowest BCUT2D eigenvalue weighted by atomic mass is 9.97. The summed E-state index contributed by atoms with van der Waals surface area (Å²) in [6.07, 6.45) is 1.18. The van der Waals surface area contributed by atoms with Gasteiger partial charge < -0.3 is 10.4 Å². The summed E-state index contributed by atoms with van der Waals surface area (Å²) in [5, 5.41) is 12.0. The van der Waals surface area contributed by atoms with Crippen LogP contribution in [-0.2, 0) is 11.2 Å². The first-order valence-corrected chi connectivity index (χ1v) is 5.19. The maximum Gasteiger partial charge on any atom is 0.224 e. The molecule has 1 aromatic rings. The maximum absolute atomic E-state index is 11.5. The summed E-state index contributed by atoms with van der Waals surface area (Å²) < 4.78 is 0. The Morgan fingerprint density at radius 2 is 2.27 bits per heavy atom. The fraction of sp³-hybridized carbons (Fsp3) is 0.417. The van der Waals surface area contributed by atoms with Gasteiger partial charge in [-0.15, -0.1) is 0 Å². The lowest BCUT2D eigenvalue weighted by Gasteiger charge is -2.09. The Hall–Kier alpha value is -1.35. The lowest BCUT2D eigenvalue weighted by Crippen LogP contribution is -2.15. The fourth-order valence-electron chi connectivity index (χ4n) is 1.99. The van der Waals surface area contributed by atoms with Crippen LogP contribution < -0.4 is 5.32 Å². The molecule has 1 aromatic carbocycles. The smallest absolute Gasteiger partial charge is 0.224 e. The molecular formula is C12H15NO2. The van der Waals surface area contributed by atoms with Crippen LogP contribution in [0.4, 0.5) is 5.69 Å². The van der Waals surface area contributed by atoms with Crippen molar-refractivity contribution in [3.63, 3.8) is 0 Å². The van der Waals surface area contributed by atoms with E-state index in [4.69, 9.17) is 5.11 Å². The molecular weight excluding hydrogens is 190 g/mol. The highest BCUT2D eigenvalue weighted by Gasteiger charge is 2.20. The van der Waals surface area contributed by atoms with Gasteiger partial charge >= 0.3 is 0 Å². The molecule has 2 N–H and O–H groups in total. The average molecular weight is 205 g/mol. The molecule has 0 spiro atoms. The van der Waals surface area contributed by atoms with Crippen molar-refractivity contribution >= 4 is 11.6 Å². The molecule has 0 saturated carbocycles. The minimum Gasteiger partial charge on any atom is -0.396 e. The Bertz CT molecular complexity index is 387. The second-order valence-corrected chi connectivity index (χ2v) is 4.17. The predicted octanol–water partition coefficient (Wildman–Crippen LogP) is 1.49. The van der Waals surface area contributed by atoms with Crippen LogP contribution in [-0.4, -0.2) is 17.6 Å². The molecule has 0 saturated heterocycles. The van der Waals surface area contributed by atoms with Gasteiger partial charge in [-0.2, -0.15) is 0 Å². The maximum atomic E-state index is 11.5. The number of carbonyl (C=O) groups excluding carboxylic acids is 1. The van der Waals surface area contributed by atoms with Crippen molar-refractivity contribution in [1.29, 1.82) is 0 Å². The molecule has 0 bridgehead atoms. The van der Waals surface area contributed by atoms with Crippen LogP contribution >= 0.6 is 0 Å². The predicted molar refractivity (Wildman–Crippen MR) is 58.7 cm³/mol. The van der Waals surface area contributed by atoms with Crippen molar-refractivity contribution in [2.75, 3.05) is 11.9 Å². The van der Waals surface area contributed by atoms with Crippen molar-refractivity contribution < 1.29 is 9.90 Å². The van der Waals surface area contributed by atoms with Gasteiger partial charge in [-0.1, -0.05) is 17.7 Å². The highest BCUT2D eigenvalue weighted by Crippen LogP contribution is 2.25. The van der Waals surface area contributed by atoms with E-state index in [1.807, 2.05) is 19.1 Å². The summed E-state index contributed by atoms with van der Waals surface area (Å²) >= 11 is 0. The number of rotatable bonds is 1. The molecule has 0 aromatic heterocycles. The summed E-state index contributed by atoms with van der Waals surface area (Å²) in [4.78, 5) is 11.5. The molecule has 1 heterocycles. The van der Waals surface area contributed by atoms with Gasteiger partial charge in [-0.05, 0) is 30.9 Å². The van der Waals surface area contributed by atoms with Crippen LogP contribution in [0.5, 0.6) is 0 Å². The van der Waals surface area contributed by atoms with Crippen molar-refractivity contribution in [1.82, 2.24) is 0 Å². The van der Waals surface area contributed by atoms with Crippen molar-refractivity contribution in [3.05, 3.63) is 29.3 Å². The minimum atomic E-state index is -0.00310. The zero-order chi connectivity index (χ0) is 10.8. The number of aryl methyl sites for hydroxylation is 1. The number of hydrogen-bond donors (Lipinski definition) is 2. The third-order valence-corrected chi connectivity index (χ3v) is 2.78. The summed E-state index contributed by atoms with van der Waals surface area (Å²) in [5.74, 6) is 0.0460. The molecule has 80 valence electrons. The summed E-state index contributed by atoms with van der Waals surface area (Å²) in [6, 6.07) is 5.99. The van der Waals surface area contributed by atoms with Crippen LogP contribution in [0.2, 0.25) is 0 Å². The fourth-order valence-corrected chi connectivity index (χ4v) is 1.99. The number of hydrogen-bond acceptors (Lipinski definition) is 2. The normalized spacial score (nSPS) is 20.4. The lowest BCUT2D eigenvalue weighted by molar-refractivity contribution is -0.117. The highest BCUT2D eigenvalue weighted by molar-refractivity contribution is 5.92. The zero-order valence-corrected chi connectivity index (χ0v) is 8.79. The number of benzene rings is 1. The van der Waals surface area contributed by atoms with Crippen LogP contribution in [0.15, 0.2) is 18.2 Å². The molecule has 3 nitrogen and oxygen atoms in total. The van der Waals surface area contributed by atoms with E-state index in [9.17, 15) is 4.79 Å². The topological polar surface area (TPSA) is 49.3 Å². The number of amides is 1. The Balaban J connectivity index is 2.36. The van der Waals surface area contributed by atoms with E-state index in [1.165, 1.54) is 5.56 Å². The number of anilines is 1. The van der Waals surface area contributed by atoms with Crippen molar-refractivity contribution in [2.24, 2.45) is 5.92 Å². The molecule has 0 fully saturated rings. The molecule has 3 heteroatoms. The van der Waals surface area contributed by atoms with Crippen LogP contribution in [0.25, 0.3) is 0 Å². The molecule has 0 radical (unpaired) electrons. The molecule has 1 atom stereocenters. The number of aliphatic hydroxyl groups is 1. The van der Waals surface area contributed by atoms with E-state index < -0.39 is 0 Å². The van der Waals surface area contributed by atoms with E-state index >= 15 is 0 Å². The molecule has 0 aliphatic carbocycles. The number of carbonyl (C=O) groups is 1. The van der Waals surface area contributed by atoms with E-state index in [-0.39, 0.29) is 18.4 Å². The quantitative estimate of drug-likeness (QED) is 0.729. The third kappa shape index (κ3) is 2.18. The second kappa shape index (κ2) is 4.03. The highest BCUT2D eigenvalue weighted by atomic mass is 16.3. The monoisotopic (exact) mass is 205 g/mol. The van der Waals surface area contributed by atoms with Gasteiger partial charge in [0.25, 0.3) is 0 Å². The van der Waals surface area contributed by atoms with Gasteiger partial charge in [0.15, 0.2) is 0 Å². The second-order valence-electron chi connectivity index (χ2n) is 4.17. The molecule has 1 amide bonds. The number of nitrogens with one attached hydrogen (secondary N) is 1. The van der Waals surface area contributed by atoms with Crippen LogP contribution in [0, 0.1) is 12.8 Å². The first-order valence-electron chi connectivity index (χ1n) is 5.19. The van der Waals surface area contributed by atoms with Crippen molar-refractivity contribution in [2.45, 2.75) is 19.8 Å². The van der Waals surface area contributed by atoms with Crippen molar-refractivity contribution in [3.8, 4) is 0 Å². The number of fused-ring (bicyclic) bond motifs is 1. The molecule has 2 rings (SSSR count). The van der Waals surface area contributed by atoms with Crippen LogP contribution in [0.1, 0.15) is 17.5 Å². The standard InChI is InChI=1S/C12H15NO2/c1-8-2-3-11-10(4-8)5-9(7-14)6-12(15)13-11/h2-4,9,14H,5-7H2,1H3,(H,13,15). The SMILES string of the molecule is Cc1ccc2c(c1)CC(CO)CC(=O)N2. The van der Waals surface area contributed by atoms with Gasteiger partial charge in [0.2, 0.25) is 5.91 Å². The third-order valence-electron chi connectivity index (χ3n) is 2.78. The van der Waals surface area contributed by atoms with Crippen LogP contribution in [0.3, 0.4) is 0 Å². The first kappa shape index (κ1) is 10.2. The van der Waals surface area contributed by atoms with Gasteiger partial charge in [-0.25, -0.2) is 0 Å². The van der Waals surface area contributed by atoms with E-state index in [0.717, 1.165) is 17.7 Å². The molecule has 1 unspecified atom stereocenters. The largest absolute Gasteiger partial charge is 0.396 e. The first-order chi connectivity index (χ1) is 7.19. The van der Waals surface area contributed by atoms with E-state index in [1.54, 1.807) is 0 Å². The Morgan fingerprint density at radius 1 is 1.47 bits per heavy atom. The summed E-state index contributed by atoms with van der Waals surface area (Å²) in [6.45, 7) is 2.10. The molecule has 15 heavy (non-hydrogen) atoms. The van der Waals surface area contributed by atoms with Gasteiger partial charge in [0, 0.05) is 18.7 Å². The zero-order valence-electron chi connectivity index (χ0n) is 8.79. The molecule has 1 aliphatic heterocycles. The van der Waals surface area contributed by atoms with Gasteiger partial charge in [0.1, 0.15) is 0 Å².